The molecule has 0 amide bonds. The molecule has 0 aliphatic heterocycles. The van der Waals surface area contributed by atoms with E-state index < -0.39 is 10.0 Å². The number of rotatable bonds is 7. The Labute approximate surface area is 115 Å². The van der Waals surface area contributed by atoms with Gasteiger partial charge in [-0.05, 0) is 31.9 Å². The van der Waals surface area contributed by atoms with E-state index >= 15 is 0 Å². The Balaban J connectivity index is 1.95. The zero-order chi connectivity index (χ0) is 13.7. The van der Waals surface area contributed by atoms with E-state index in [0.717, 1.165) is 44.3 Å². The first-order valence-electron chi connectivity index (χ1n) is 7.02. The van der Waals surface area contributed by atoms with Gasteiger partial charge in [-0.2, -0.15) is 0 Å². The van der Waals surface area contributed by atoms with Gasteiger partial charge in [0.2, 0.25) is 10.0 Å². The summed E-state index contributed by atoms with van der Waals surface area (Å²) in [6.45, 7) is 3.71. The van der Waals surface area contributed by atoms with Crippen LogP contribution in [0.25, 0.3) is 0 Å². The molecule has 6 heteroatoms. The Morgan fingerprint density at radius 3 is 2.79 bits per heavy atom. The second-order valence-electron chi connectivity index (χ2n) is 5.14. The van der Waals surface area contributed by atoms with E-state index in [1.54, 1.807) is 12.3 Å². The van der Waals surface area contributed by atoms with Crippen molar-refractivity contribution in [3.8, 4) is 0 Å². The number of hydrogen-bond acceptors (Lipinski definition) is 3. The molecular weight excluding hydrogens is 262 g/mol. The molecule has 0 bridgehead atoms. The van der Waals surface area contributed by atoms with E-state index in [9.17, 15) is 8.42 Å². The van der Waals surface area contributed by atoms with Gasteiger partial charge in [-0.25, -0.2) is 13.1 Å². The minimum atomic E-state index is -3.36. The summed E-state index contributed by atoms with van der Waals surface area (Å²) < 4.78 is 27.1. The summed E-state index contributed by atoms with van der Waals surface area (Å²) in [5.41, 5.74) is 0.903. The largest absolute Gasteiger partial charge is 0.363 e. The van der Waals surface area contributed by atoms with Gasteiger partial charge in [0.15, 0.2) is 0 Å². The van der Waals surface area contributed by atoms with Crippen molar-refractivity contribution >= 4 is 10.0 Å². The predicted molar refractivity (Wildman–Crippen MR) is 75.4 cm³/mol. The maximum atomic E-state index is 12.2. The SMILES string of the molecule is CCCNCc1cc(S(=O)(=O)NC2CCCC2)c[nH]1. The first-order chi connectivity index (χ1) is 9.12. The topological polar surface area (TPSA) is 74.0 Å². The van der Waals surface area contributed by atoms with Crippen molar-refractivity contribution in [2.75, 3.05) is 6.54 Å². The predicted octanol–water partition coefficient (Wildman–Crippen LogP) is 1.74. The van der Waals surface area contributed by atoms with Gasteiger partial charge in [0.05, 0.1) is 4.90 Å². The lowest BCUT2D eigenvalue weighted by Gasteiger charge is -2.10. The van der Waals surface area contributed by atoms with Crippen LogP contribution in [-0.2, 0) is 16.6 Å². The first-order valence-corrected chi connectivity index (χ1v) is 8.50. The fraction of sp³-hybridized carbons (Fsp3) is 0.692. The number of hydrogen-bond donors (Lipinski definition) is 3. The van der Waals surface area contributed by atoms with E-state index in [0.29, 0.717) is 11.4 Å². The van der Waals surface area contributed by atoms with Crippen LogP contribution in [-0.4, -0.2) is 26.0 Å². The summed E-state index contributed by atoms with van der Waals surface area (Å²) in [6.07, 6.45) is 6.78. The lowest BCUT2D eigenvalue weighted by Crippen LogP contribution is -2.32. The molecule has 5 nitrogen and oxygen atoms in total. The molecule has 1 aromatic heterocycles. The van der Waals surface area contributed by atoms with Gasteiger partial charge < -0.3 is 10.3 Å². The van der Waals surface area contributed by atoms with Crippen molar-refractivity contribution in [2.24, 2.45) is 0 Å². The number of H-pyrrole nitrogens is 1. The Bertz CT molecular complexity index is 490. The van der Waals surface area contributed by atoms with Crippen LogP contribution in [0.3, 0.4) is 0 Å². The summed E-state index contributed by atoms with van der Waals surface area (Å²) in [5.74, 6) is 0. The summed E-state index contributed by atoms with van der Waals surface area (Å²) in [6, 6.07) is 1.82. The Hall–Kier alpha value is -0.850. The van der Waals surface area contributed by atoms with E-state index in [2.05, 4.69) is 21.9 Å². The average Bonchev–Trinajstić information content (AvgIpc) is 3.00. The smallest absolute Gasteiger partial charge is 0.242 e. The molecule has 1 aliphatic carbocycles. The molecule has 1 saturated carbocycles. The zero-order valence-electron chi connectivity index (χ0n) is 11.4. The monoisotopic (exact) mass is 285 g/mol. The lowest BCUT2D eigenvalue weighted by molar-refractivity contribution is 0.552. The van der Waals surface area contributed by atoms with E-state index in [4.69, 9.17) is 0 Å². The van der Waals surface area contributed by atoms with Gasteiger partial charge in [0.1, 0.15) is 0 Å². The Morgan fingerprint density at radius 2 is 2.11 bits per heavy atom. The van der Waals surface area contributed by atoms with Crippen LogP contribution >= 0.6 is 0 Å². The molecule has 1 fully saturated rings. The van der Waals surface area contributed by atoms with Crippen LogP contribution in [0.1, 0.15) is 44.7 Å². The van der Waals surface area contributed by atoms with Gasteiger partial charge in [-0.3, -0.25) is 0 Å². The van der Waals surface area contributed by atoms with Crippen LogP contribution in [0, 0.1) is 0 Å². The van der Waals surface area contributed by atoms with Crippen LogP contribution in [0.4, 0.5) is 0 Å². The number of aromatic amines is 1. The number of aromatic nitrogens is 1. The second-order valence-corrected chi connectivity index (χ2v) is 6.85. The molecule has 3 N–H and O–H groups in total. The standard InChI is InChI=1S/C13H23N3O2S/c1-2-7-14-9-12-8-13(10-15-12)19(17,18)16-11-5-3-4-6-11/h8,10-11,14-16H,2-7,9H2,1H3. The molecule has 1 aliphatic rings. The highest BCUT2D eigenvalue weighted by atomic mass is 32.2. The van der Waals surface area contributed by atoms with Crippen molar-refractivity contribution in [3.05, 3.63) is 18.0 Å². The molecule has 1 aromatic rings. The highest BCUT2D eigenvalue weighted by Gasteiger charge is 2.23. The van der Waals surface area contributed by atoms with E-state index in [1.165, 1.54) is 0 Å². The summed E-state index contributed by atoms with van der Waals surface area (Å²) in [5, 5.41) is 3.24. The van der Waals surface area contributed by atoms with Crippen LogP contribution in [0.15, 0.2) is 17.2 Å². The third kappa shape index (κ3) is 4.06. The van der Waals surface area contributed by atoms with Crippen LogP contribution < -0.4 is 10.0 Å². The fourth-order valence-electron chi connectivity index (χ4n) is 2.41. The van der Waals surface area contributed by atoms with Crippen LogP contribution in [0.5, 0.6) is 0 Å². The number of sulfonamides is 1. The molecule has 0 radical (unpaired) electrons. The Morgan fingerprint density at radius 1 is 1.37 bits per heavy atom. The van der Waals surface area contributed by atoms with Gasteiger partial charge >= 0.3 is 0 Å². The Kier molecular flexibility index (Phi) is 5.01. The summed E-state index contributed by atoms with van der Waals surface area (Å²) in [4.78, 5) is 3.35. The van der Waals surface area contributed by atoms with Gasteiger partial charge in [0.25, 0.3) is 0 Å². The maximum Gasteiger partial charge on any atom is 0.242 e. The molecule has 0 atom stereocenters. The van der Waals surface area contributed by atoms with Crippen molar-refractivity contribution in [1.82, 2.24) is 15.0 Å². The minimum absolute atomic E-state index is 0.113. The van der Waals surface area contributed by atoms with Gasteiger partial charge in [-0.1, -0.05) is 19.8 Å². The maximum absolute atomic E-state index is 12.2. The molecule has 19 heavy (non-hydrogen) atoms. The first kappa shape index (κ1) is 14.6. The van der Waals surface area contributed by atoms with Gasteiger partial charge in [0, 0.05) is 24.5 Å². The quantitative estimate of drug-likeness (QED) is 0.668. The van der Waals surface area contributed by atoms with Crippen molar-refractivity contribution in [2.45, 2.75) is 56.5 Å². The van der Waals surface area contributed by atoms with Crippen molar-refractivity contribution < 1.29 is 8.42 Å². The second kappa shape index (κ2) is 6.54. The normalized spacial score (nSPS) is 17.1. The molecule has 2 rings (SSSR count). The van der Waals surface area contributed by atoms with E-state index in [-0.39, 0.29) is 6.04 Å². The van der Waals surface area contributed by atoms with Crippen LogP contribution in [0.2, 0.25) is 0 Å². The molecule has 1 heterocycles. The summed E-state index contributed by atoms with van der Waals surface area (Å²) in [7, 11) is -3.36. The number of nitrogens with one attached hydrogen (secondary N) is 3. The van der Waals surface area contributed by atoms with Crippen molar-refractivity contribution in [3.63, 3.8) is 0 Å². The summed E-state index contributed by atoms with van der Waals surface area (Å²) >= 11 is 0. The molecule has 0 unspecified atom stereocenters. The third-order valence-corrected chi connectivity index (χ3v) is 4.95. The molecule has 108 valence electrons. The van der Waals surface area contributed by atoms with Gasteiger partial charge in [-0.15, -0.1) is 0 Å². The highest BCUT2D eigenvalue weighted by Crippen LogP contribution is 2.20. The van der Waals surface area contributed by atoms with Crippen molar-refractivity contribution in [1.29, 1.82) is 0 Å². The fourth-order valence-corrected chi connectivity index (χ4v) is 3.73. The third-order valence-electron chi connectivity index (χ3n) is 3.45. The average molecular weight is 285 g/mol. The molecule has 0 saturated heterocycles. The lowest BCUT2D eigenvalue weighted by atomic mass is 10.3. The van der Waals surface area contributed by atoms with E-state index in [1.807, 2.05) is 0 Å². The highest BCUT2D eigenvalue weighted by molar-refractivity contribution is 7.89. The zero-order valence-corrected chi connectivity index (χ0v) is 12.2. The molecule has 0 aromatic carbocycles. The minimum Gasteiger partial charge on any atom is -0.363 e. The molecule has 0 spiro atoms. The molecular formula is C13H23N3O2S.